The maximum atomic E-state index is 12.7. The molecule has 8 heteroatoms. The van der Waals surface area contributed by atoms with E-state index in [4.69, 9.17) is 5.11 Å². The number of thiophene rings is 1. The molecule has 0 aliphatic rings. The standard InChI is InChI=1S/C12H10FNO4S2/c13-10-3-1-8(2-4-10)6-14-20(17,18)11-5-9(7-19-11)12(15)16/h1-5,7,14H,6H2,(H,15,16). The van der Waals surface area contributed by atoms with Crippen molar-refractivity contribution in [3.8, 4) is 0 Å². The minimum absolute atomic E-state index is 0.00289. The van der Waals surface area contributed by atoms with E-state index in [2.05, 4.69) is 4.72 Å². The summed E-state index contributed by atoms with van der Waals surface area (Å²) in [7, 11) is -3.77. The van der Waals surface area contributed by atoms with Crippen LogP contribution in [0.5, 0.6) is 0 Å². The van der Waals surface area contributed by atoms with Gasteiger partial charge in [-0.2, -0.15) is 0 Å². The Morgan fingerprint density at radius 2 is 1.95 bits per heavy atom. The zero-order chi connectivity index (χ0) is 14.8. The molecule has 106 valence electrons. The normalized spacial score (nSPS) is 11.4. The number of hydrogen-bond acceptors (Lipinski definition) is 4. The lowest BCUT2D eigenvalue weighted by Gasteiger charge is -2.04. The molecule has 0 bridgehead atoms. The number of carboxylic acids is 1. The van der Waals surface area contributed by atoms with E-state index < -0.39 is 21.8 Å². The van der Waals surface area contributed by atoms with Gasteiger partial charge in [-0.15, -0.1) is 11.3 Å². The fourth-order valence-corrected chi connectivity index (χ4v) is 3.64. The van der Waals surface area contributed by atoms with E-state index in [1.165, 1.54) is 29.6 Å². The van der Waals surface area contributed by atoms with Gasteiger partial charge in [-0.1, -0.05) is 12.1 Å². The number of benzene rings is 1. The van der Waals surface area contributed by atoms with Crippen molar-refractivity contribution in [2.75, 3.05) is 0 Å². The Morgan fingerprint density at radius 3 is 2.50 bits per heavy atom. The largest absolute Gasteiger partial charge is 0.478 e. The maximum Gasteiger partial charge on any atom is 0.336 e. The molecule has 0 unspecified atom stereocenters. The smallest absolute Gasteiger partial charge is 0.336 e. The van der Waals surface area contributed by atoms with Gasteiger partial charge in [0.25, 0.3) is 0 Å². The van der Waals surface area contributed by atoms with Crippen LogP contribution in [0.15, 0.2) is 39.9 Å². The second kappa shape index (κ2) is 5.70. The average molecular weight is 315 g/mol. The lowest BCUT2D eigenvalue weighted by molar-refractivity contribution is 0.0697. The molecule has 0 spiro atoms. The van der Waals surface area contributed by atoms with Crippen LogP contribution in [0.2, 0.25) is 0 Å². The predicted octanol–water partition coefficient (Wildman–Crippen LogP) is 2.06. The summed E-state index contributed by atoms with van der Waals surface area (Å²) in [6.07, 6.45) is 0. The molecule has 2 rings (SSSR count). The molecule has 0 saturated heterocycles. The van der Waals surface area contributed by atoms with Gasteiger partial charge in [0.15, 0.2) is 0 Å². The third-order valence-corrected chi connectivity index (χ3v) is 5.31. The number of carboxylic acid groups (broad SMARTS) is 1. The highest BCUT2D eigenvalue weighted by Crippen LogP contribution is 2.20. The van der Waals surface area contributed by atoms with Gasteiger partial charge in [0.05, 0.1) is 5.56 Å². The minimum Gasteiger partial charge on any atom is -0.478 e. The molecule has 0 radical (unpaired) electrons. The van der Waals surface area contributed by atoms with Gasteiger partial charge < -0.3 is 5.11 Å². The van der Waals surface area contributed by atoms with Gasteiger partial charge >= 0.3 is 5.97 Å². The van der Waals surface area contributed by atoms with Crippen LogP contribution in [0.25, 0.3) is 0 Å². The molecular weight excluding hydrogens is 305 g/mol. The zero-order valence-electron chi connectivity index (χ0n) is 10.0. The topological polar surface area (TPSA) is 83.5 Å². The Hall–Kier alpha value is -1.77. The number of aromatic carboxylic acids is 1. The van der Waals surface area contributed by atoms with Crippen LogP contribution in [-0.2, 0) is 16.6 Å². The Morgan fingerprint density at radius 1 is 1.30 bits per heavy atom. The summed E-state index contributed by atoms with van der Waals surface area (Å²) in [6, 6.07) is 6.50. The molecule has 0 aliphatic heterocycles. The molecule has 2 N–H and O–H groups in total. The second-order valence-electron chi connectivity index (χ2n) is 3.91. The number of halogens is 1. The SMILES string of the molecule is O=C(O)c1csc(S(=O)(=O)NCc2ccc(F)cc2)c1. The average Bonchev–Trinajstić information content (AvgIpc) is 2.89. The fraction of sp³-hybridized carbons (Fsp3) is 0.0833. The van der Waals surface area contributed by atoms with Gasteiger partial charge in [-0.3, -0.25) is 0 Å². The molecule has 2 aromatic rings. The summed E-state index contributed by atoms with van der Waals surface area (Å²) in [4.78, 5) is 10.7. The van der Waals surface area contributed by atoms with E-state index in [0.717, 1.165) is 17.4 Å². The van der Waals surface area contributed by atoms with Crippen molar-refractivity contribution in [2.24, 2.45) is 0 Å². The second-order valence-corrected chi connectivity index (χ2v) is 6.82. The summed E-state index contributed by atoms with van der Waals surface area (Å²) in [5, 5.41) is 10.0. The highest BCUT2D eigenvalue weighted by atomic mass is 32.2. The summed E-state index contributed by atoms with van der Waals surface area (Å²) >= 11 is 0.831. The van der Waals surface area contributed by atoms with Crippen LogP contribution < -0.4 is 4.72 Å². The zero-order valence-corrected chi connectivity index (χ0v) is 11.7. The van der Waals surface area contributed by atoms with Gasteiger partial charge in [0.2, 0.25) is 10.0 Å². The molecule has 0 aliphatic carbocycles. The first-order valence-corrected chi connectivity index (χ1v) is 7.81. The van der Waals surface area contributed by atoms with E-state index in [-0.39, 0.29) is 16.3 Å². The Bertz CT molecular complexity index is 722. The summed E-state index contributed by atoms with van der Waals surface area (Å²) in [5.41, 5.74) is 0.530. The quantitative estimate of drug-likeness (QED) is 0.884. The molecule has 1 heterocycles. The molecule has 0 fully saturated rings. The number of carbonyl (C=O) groups is 1. The van der Waals surface area contributed by atoms with E-state index in [1.807, 2.05) is 0 Å². The Kier molecular flexibility index (Phi) is 4.17. The lowest BCUT2D eigenvalue weighted by Crippen LogP contribution is -2.22. The van der Waals surface area contributed by atoms with Crippen LogP contribution in [0.1, 0.15) is 15.9 Å². The number of hydrogen-bond donors (Lipinski definition) is 2. The number of sulfonamides is 1. The van der Waals surface area contributed by atoms with Crippen molar-refractivity contribution < 1.29 is 22.7 Å². The molecule has 1 aromatic heterocycles. The molecule has 0 atom stereocenters. The third kappa shape index (κ3) is 3.41. The van der Waals surface area contributed by atoms with Crippen LogP contribution in [0, 0.1) is 5.82 Å². The van der Waals surface area contributed by atoms with Crippen molar-refractivity contribution in [1.29, 1.82) is 0 Å². The summed E-state index contributed by atoms with van der Waals surface area (Å²) in [5.74, 6) is -1.58. The van der Waals surface area contributed by atoms with Crippen molar-refractivity contribution in [3.63, 3.8) is 0 Å². The number of rotatable bonds is 5. The van der Waals surface area contributed by atoms with E-state index in [9.17, 15) is 17.6 Å². The van der Waals surface area contributed by atoms with Crippen LogP contribution >= 0.6 is 11.3 Å². The fourth-order valence-electron chi connectivity index (χ4n) is 1.42. The Balaban J connectivity index is 2.10. The first-order chi connectivity index (χ1) is 9.38. The first kappa shape index (κ1) is 14.6. The van der Waals surface area contributed by atoms with E-state index in [0.29, 0.717) is 5.56 Å². The lowest BCUT2D eigenvalue weighted by atomic mass is 10.2. The third-order valence-electron chi connectivity index (χ3n) is 2.47. The van der Waals surface area contributed by atoms with Gasteiger partial charge in [0, 0.05) is 11.9 Å². The van der Waals surface area contributed by atoms with Crippen molar-refractivity contribution in [1.82, 2.24) is 4.72 Å². The summed E-state index contributed by atoms with van der Waals surface area (Å²) in [6.45, 7) is 0.00289. The van der Waals surface area contributed by atoms with Crippen LogP contribution in [-0.4, -0.2) is 19.5 Å². The van der Waals surface area contributed by atoms with Crippen molar-refractivity contribution in [3.05, 3.63) is 52.7 Å². The molecule has 5 nitrogen and oxygen atoms in total. The van der Waals surface area contributed by atoms with Crippen molar-refractivity contribution in [2.45, 2.75) is 10.8 Å². The van der Waals surface area contributed by atoms with Crippen molar-refractivity contribution >= 4 is 27.3 Å². The van der Waals surface area contributed by atoms with Gasteiger partial charge in [-0.05, 0) is 23.8 Å². The van der Waals surface area contributed by atoms with E-state index >= 15 is 0 Å². The molecule has 0 amide bonds. The van der Waals surface area contributed by atoms with Crippen LogP contribution in [0.4, 0.5) is 4.39 Å². The maximum absolute atomic E-state index is 12.7. The van der Waals surface area contributed by atoms with Gasteiger partial charge in [0.1, 0.15) is 10.0 Å². The number of nitrogens with one attached hydrogen (secondary N) is 1. The highest BCUT2D eigenvalue weighted by Gasteiger charge is 2.18. The predicted molar refractivity (Wildman–Crippen MR) is 71.7 cm³/mol. The van der Waals surface area contributed by atoms with E-state index in [1.54, 1.807) is 0 Å². The molecule has 1 aromatic carbocycles. The first-order valence-electron chi connectivity index (χ1n) is 5.44. The highest BCUT2D eigenvalue weighted by molar-refractivity contribution is 7.91. The summed E-state index contributed by atoms with van der Waals surface area (Å²) < 4.78 is 38.9. The Labute approximate surface area is 118 Å². The molecular formula is C12H10FNO4S2. The van der Waals surface area contributed by atoms with Crippen LogP contribution in [0.3, 0.4) is 0 Å². The minimum atomic E-state index is -3.77. The molecule has 0 saturated carbocycles. The van der Waals surface area contributed by atoms with Gasteiger partial charge in [-0.25, -0.2) is 22.3 Å². The molecule has 20 heavy (non-hydrogen) atoms. The monoisotopic (exact) mass is 315 g/mol.